The van der Waals surface area contributed by atoms with Crippen molar-refractivity contribution >= 4 is 39.8 Å². The molecule has 3 aromatic rings. The first-order valence-electron chi connectivity index (χ1n) is 15.4. The van der Waals surface area contributed by atoms with Crippen LogP contribution in [0.3, 0.4) is 0 Å². The van der Waals surface area contributed by atoms with Gasteiger partial charge in [-0.2, -0.15) is 15.2 Å². The average molecular weight is 614 g/mol. The van der Waals surface area contributed by atoms with Crippen LogP contribution < -0.4 is 14.5 Å². The summed E-state index contributed by atoms with van der Waals surface area (Å²) in [6, 6.07) is 14.9. The zero-order valence-electron chi connectivity index (χ0n) is 25.8. The molecule has 1 saturated carbocycles. The molecule has 3 heterocycles. The molecule has 1 saturated heterocycles. The van der Waals surface area contributed by atoms with Crippen molar-refractivity contribution in [2.75, 3.05) is 56.7 Å². The fourth-order valence-electron chi connectivity index (χ4n) is 6.87. The second-order valence-corrected chi connectivity index (χ2v) is 13.2. The molecular weight excluding hydrogens is 574 g/mol. The van der Waals surface area contributed by atoms with Gasteiger partial charge in [-0.15, -0.1) is 0 Å². The SMILES string of the molecule is C=CC(=O)N1CCN(c2nc(OCC3(CN(C)C)CC3)nc3c2C[C@H](C)N(c2cccc4cccc(Cl)c24)C3)CC1CC#N. The number of carbonyl (C=O) groups excluding carboxylic acids is 1. The number of hydrogen-bond donors (Lipinski definition) is 0. The quantitative estimate of drug-likeness (QED) is 0.309. The first-order valence-corrected chi connectivity index (χ1v) is 15.8. The molecule has 9 nitrogen and oxygen atoms in total. The lowest BCUT2D eigenvalue weighted by Gasteiger charge is -2.43. The van der Waals surface area contributed by atoms with E-state index in [2.05, 4.69) is 72.6 Å². The normalized spacial score (nSPS) is 20.8. The van der Waals surface area contributed by atoms with E-state index in [4.69, 9.17) is 26.3 Å². The third-order valence-corrected chi connectivity index (χ3v) is 9.54. The molecule has 230 valence electrons. The van der Waals surface area contributed by atoms with Crippen molar-refractivity contribution in [3.8, 4) is 12.1 Å². The zero-order valence-corrected chi connectivity index (χ0v) is 26.6. The molecule has 2 aliphatic heterocycles. The maximum absolute atomic E-state index is 12.6. The van der Waals surface area contributed by atoms with Crippen molar-refractivity contribution in [3.63, 3.8) is 0 Å². The molecule has 6 rings (SSSR count). The molecule has 1 amide bonds. The second-order valence-electron chi connectivity index (χ2n) is 12.8. The number of fused-ring (bicyclic) bond motifs is 2. The number of anilines is 2. The van der Waals surface area contributed by atoms with Gasteiger partial charge < -0.3 is 24.3 Å². The van der Waals surface area contributed by atoms with Gasteiger partial charge in [0.1, 0.15) is 5.82 Å². The number of rotatable bonds is 9. The Kier molecular flexibility index (Phi) is 8.40. The van der Waals surface area contributed by atoms with Gasteiger partial charge in [-0.05, 0) is 63.9 Å². The fraction of sp³-hybridized carbons (Fsp3) is 0.471. The molecule has 2 atom stereocenters. The van der Waals surface area contributed by atoms with Crippen LogP contribution in [-0.4, -0.2) is 84.6 Å². The van der Waals surface area contributed by atoms with E-state index in [1.165, 1.54) is 6.08 Å². The third-order valence-electron chi connectivity index (χ3n) is 9.23. The highest BCUT2D eigenvalue weighted by Crippen LogP contribution is 2.46. The van der Waals surface area contributed by atoms with Crippen LogP contribution in [-0.2, 0) is 17.8 Å². The minimum absolute atomic E-state index is 0.137. The van der Waals surface area contributed by atoms with Gasteiger partial charge in [0.15, 0.2) is 0 Å². The Hall–Kier alpha value is -3.87. The number of nitrogens with zero attached hydrogens (tertiary/aromatic N) is 7. The van der Waals surface area contributed by atoms with Gasteiger partial charge in [0, 0.05) is 54.3 Å². The standard InChI is InChI=1S/C34H40ClN7O2/c1-5-30(43)41-17-16-40(19-25(41)12-15-36)32-26-18-23(2)42(29-11-7-9-24-8-6-10-27(35)31(24)29)20-28(26)37-33(38-32)44-22-34(13-14-34)21-39(3)4/h5-11,23,25H,1,12-14,16-22H2,2-4H3/t23-,25?/m0/s1. The zero-order chi connectivity index (χ0) is 31.0. The molecule has 3 aliphatic rings. The molecule has 2 fully saturated rings. The van der Waals surface area contributed by atoms with Gasteiger partial charge in [-0.1, -0.05) is 42.4 Å². The van der Waals surface area contributed by atoms with Crippen molar-refractivity contribution in [2.24, 2.45) is 5.41 Å². The van der Waals surface area contributed by atoms with Gasteiger partial charge in [-0.25, -0.2) is 0 Å². The summed E-state index contributed by atoms with van der Waals surface area (Å²) in [6.45, 7) is 9.62. The largest absolute Gasteiger partial charge is 0.463 e. The molecule has 1 aromatic heterocycles. The summed E-state index contributed by atoms with van der Waals surface area (Å²) in [5.74, 6) is 0.700. The van der Waals surface area contributed by atoms with E-state index in [0.717, 1.165) is 64.4 Å². The highest BCUT2D eigenvalue weighted by atomic mass is 35.5. The predicted octanol–water partition coefficient (Wildman–Crippen LogP) is 5.07. The molecule has 10 heteroatoms. The van der Waals surface area contributed by atoms with Crippen molar-refractivity contribution in [2.45, 2.75) is 51.2 Å². The molecule has 44 heavy (non-hydrogen) atoms. The van der Waals surface area contributed by atoms with E-state index in [9.17, 15) is 10.1 Å². The topological polar surface area (TPSA) is 88.8 Å². The molecule has 0 N–H and O–H groups in total. The lowest BCUT2D eigenvalue weighted by molar-refractivity contribution is -0.128. The number of piperazine rings is 1. The molecule has 0 radical (unpaired) electrons. The summed E-state index contributed by atoms with van der Waals surface area (Å²) in [5, 5.41) is 12.4. The van der Waals surface area contributed by atoms with Crippen molar-refractivity contribution in [1.29, 1.82) is 5.26 Å². The van der Waals surface area contributed by atoms with Crippen LogP contribution in [0.5, 0.6) is 6.01 Å². The Bertz CT molecular complexity index is 1610. The van der Waals surface area contributed by atoms with Crippen LogP contribution >= 0.6 is 11.6 Å². The van der Waals surface area contributed by atoms with Crippen molar-refractivity contribution in [3.05, 3.63) is 65.3 Å². The molecular formula is C34H40ClN7O2. The van der Waals surface area contributed by atoms with Gasteiger partial charge in [0.25, 0.3) is 0 Å². The number of aromatic nitrogens is 2. The lowest BCUT2D eigenvalue weighted by atomic mass is 9.96. The summed E-state index contributed by atoms with van der Waals surface area (Å²) in [6.07, 6.45) is 4.57. The Morgan fingerprint density at radius 2 is 2.00 bits per heavy atom. The van der Waals surface area contributed by atoms with Gasteiger partial charge in [0.05, 0.1) is 42.4 Å². The van der Waals surface area contributed by atoms with E-state index >= 15 is 0 Å². The minimum Gasteiger partial charge on any atom is -0.463 e. The molecule has 1 unspecified atom stereocenters. The number of nitriles is 1. The fourth-order valence-corrected chi connectivity index (χ4v) is 7.15. The Morgan fingerprint density at radius 1 is 1.23 bits per heavy atom. The van der Waals surface area contributed by atoms with Crippen LogP contribution in [0.15, 0.2) is 49.1 Å². The Labute approximate surface area is 264 Å². The highest BCUT2D eigenvalue weighted by Gasteiger charge is 2.44. The number of halogens is 1. The van der Waals surface area contributed by atoms with Crippen LogP contribution in [0.4, 0.5) is 11.5 Å². The molecule has 1 aliphatic carbocycles. The highest BCUT2D eigenvalue weighted by molar-refractivity contribution is 6.36. The summed E-state index contributed by atoms with van der Waals surface area (Å²) >= 11 is 6.75. The van der Waals surface area contributed by atoms with Crippen LogP contribution in [0.25, 0.3) is 10.8 Å². The van der Waals surface area contributed by atoms with Crippen LogP contribution in [0, 0.1) is 16.7 Å². The number of carbonyl (C=O) groups is 1. The van der Waals surface area contributed by atoms with E-state index < -0.39 is 0 Å². The maximum atomic E-state index is 12.6. The number of hydrogen-bond acceptors (Lipinski definition) is 8. The van der Waals surface area contributed by atoms with Gasteiger partial charge in [-0.3, -0.25) is 4.79 Å². The van der Waals surface area contributed by atoms with Crippen LogP contribution in [0.2, 0.25) is 5.02 Å². The van der Waals surface area contributed by atoms with E-state index in [0.29, 0.717) is 38.8 Å². The Balaban J connectivity index is 1.37. The monoisotopic (exact) mass is 613 g/mol. The summed E-state index contributed by atoms with van der Waals surface area (Å²) < 4.78 is 6.39. The smallest absolute Gasteiger partial charge is 0.318 e. The van der Waals surface area contributed by atoms with Gasteiger partial charge >= 0.3 is 6.01 Å². The first kappa shape index (κ1) is 30.2. The molecule has 0 spiro atoms. The number of amides is 1. The van der Waals surface area contributed by atoms with Crippen molar-refractivity contribution in [1.82, 2.24) is 19.8 Å². The number of benzene rings is 2. The van der Waals surface area contributed by atoms with E-state index in [1.54, 1.807) is 4.90 Å². The second kappa shape index (κ2) is 12.3. The lowest BCUT2D eigenvalue weighted by Crippen LogP contribution is -2.55. The van der Waals surface area contributed by atoms with E-state index in [-0.39, 0.29) is 29.8 Å². The summed E-state index contributed by atoms with van der Waals surface area (Å²) in [5.41, 5.74) is 3.26. The maximum Gasteiger partial charge on any atom is 0.318 e. The number of ether oxygens (including phenoxy) is 1. The van der Waals surface area contributed by atoms with E-state index in [1.807, 2.05) is 12.1 Å². The first-order chi connectivity index (χ1) is 21.2. The van der Waals surface area contributed by atoms with Crippen LogP contribution in [0.1, 0.15) is 37.4 Å². The minimum atomic E-state index is -0.251. The predicted molar refractivity (Wildman–Crippen MR) is 174 cm³/mol. The van der Waals surface area contributed by atoms with Crippen molar-refractivity contribution < 1.29 is 9.53 Å². The molecule has 2 aromatic carbocycles. The summed E-state index contributed by atoms with van der Waals surface area (Å²) in [7, 11) is 4.19. The Morgan fingerprint density at radius 3 is 2.70 bits per heavy atom. The molecule has 0 bridgehead atoms. The third kappa shape index (κ3) is 5.93. The summed E-state index contributed by atoms with van der Waals surface area (Å²) in [4.78, 5) is 31.2. The van der Waals surface area contributed by atoms with Gasteiger partial charge in [0.2, 0.25) is 5.91 Å². The average Bonchev–Trinajstić information content (AvgIpc) is 3.77.